The third-order valence-corrected chi connectivity index (χ3v) is 4.63. The Bertz CT molecular complexity index is 894. The number of aromatic nitrogens is 4. The van der Waals surface area contributed by atoms with Crippen molar-refractivity contribution in [2.75, 3.05) is 13.7 Å². The molecule has 0 N–H and O–H groups in total. The zero-order chi connectivity index (χ0) is 17.2. The van der Waals surface area contributed by atoms with E-state index in [9.17, 15) is 4.79 Å². The van der Waals surface area contributed by atoms with Crippen molar-refractivity contribution in [3.63, 3.8) is 0 Å². The Balaban J connectivity index is 1.64. The van der Waals surface area contributed by atoms with Crippen molar-refractivity contribution < 1.29 is 9.53 Å². The number of carbonyl (C=O) groups excluding carboxylic acids is 1. The second kappa shape index (κ2) is 6.51. The van der Waals surface area contributed by atoms with Crippen LogP contribution in [0.2, 0.25) is 0 Å². The van der Waals surface area contributed by atoms with Gasteiger partial charge in [-0.25, -0.2) is 4.98 Å². The van der Waals surface area contributed by atoms with Gasteiger partial charge in [-0.1, -0.05) is 23.4 Å². The number of hydrogen-bond acceptors (Lipinski definition) is 5. The smallest absolute Gasteiger partial charge is 0.272 e. The first-order valence-electron chi connectivity index (χ1n) is 8.35. The topological polar surface area (TPSA) is 73.1 Å². The lowest BCUT2D eigenvalue weighted by molar-refractivity contribution is 0.0714. The molecule has 1 aromatic carbocycles. The molecule has 128 valence electrons. The molecule has 4 rings (SSSR count). The monoisotopic (exact) mass is 337 g/mol. The number of hydrogen-bond donors (Lipinski definition) is 0. The largest absolute Gasteiger partial charge is 0.481 e. The van der Waals surface area contributed by atoms with Gasteiger partial charge in [-0.15, -0.1) is 5.10 Å². The fraction of sp³-hybridized carbons (Fsp3) is 0.333. The lowest BCUT2D eigenvalue weighted by atomic mass is 10.1. The molecule has 1 aliphatic rings. The third-order valence-electron chi connectivity index (χ3n) is 4.63. The standard InChI is InChI=1S/C18H19N5O2/c1-25-17-15-7-3-2-5-13(15)11-16(20-17)18(24)23-9-4-6-14(23)12-22-10-8-19-21-22/h2-3,5,7-8,10-11,14H,4,6,9,12H2,1H3/t14-/m0/s1. The highest BCUT2D eigenvalue weighted by Crippen LogP contribution is 2.27. The number of benzene rings is 1. The van der Waals surface area contributed by atoms with Crippen LogP contribution in [0, 0.1) is 0 Å². The normalized spacial score (nSPS) is 17.2. The summed E-state index contributed by atoms with van der Waals surface area (Å²) in [6.07, 6.45) is 5.40. The minimum absolute atomic E-state index is 0.0633. The third kappa shape index (κ3) is 2.93. The molecule has 1 aliphatic heterocycles. The predicted molar refractivity (Wildman–Crippen MR) is 92.4 cm³/mol. The summed E-state index contributed by atoms with van der Waals surface area (Å²) in [5.74, 6) is 0.417. The number of ether oxygens (including phenoxy) is 1. The molecule has 2 aromatic heterocycles. The lowest BCUT2D eigenvalue weighted by Gasteiger charge is -2.24. The van der Waals surface area contributed by atoms with Gasteiger partial charge in [0.05, 0.1) is 25.9 Å². The Labute approximate surface area is 145 Å². The van der Waals surface area contributed by atoms with E-state index in [2.05, 4.69) is 15.3 Å². The minimum atomic E-state index is -0.0633. The summed E-state index contributed by atoms with van der Waals surface area (Å²) in [4.78, 5) is 19.4. The summed E-state index contributed by atoms with van der Waals surface area (Å²) in [5.41, 5.74) is 0.418. The van der Waals surface area contributed by atoms with E-state index in [0.717, 1.165) is 30.2 Å². The molecule has 7 nitrogen and oxygen atoms in total. The lowest BCUT2D eigenvalue weighted by Crippen LogP contribution is -2.38. The summed E-state index contributed by atoms with van der Waals surface area (Å²) in [6.45, 7) is 1.38. The molecule has 25 heavy (non-hydrogen) atoms. The summed E-state index contributed by atoms with van der Waals surface area (Å²) in [6, 6.07) is 9.73. The van der Waals surface area contributed by atoms with Crippen LogP contribution in [0.15, 0.2) is 42.7 Å². The second-order valence-electron chi connectivity index (χ2n) is 6.16. The van der Waals surface area contributed by atoms with Gasteiger partial charge in [-0.05, 0) is 30.4 Å². The zero-order valence-electron chi connectivity index (χ0n) is 14.0. The predicted octanol–water partition coefficient (Wildman–Crippen LogP) is 2.14. The number of rotatable bonds is 4. The first kappa shape index (κ1) is 15.6. The first-order valence-corrected chi connectivity index (χ1v) is 8.35. The highest BCUT2D eigenvalue weighted by molar-refractivity contribution is 5.98. The quantitative estimate of drug-likeness (QED) is 0.729. The fourth-order valence-corrected chi connectivity index (χ4v) is 3.42. The van der Waals surface area contributed by atoms with Gasteiger partial charge < -0.3 is 9.64 Å². The van der Waals surface area contributed by atoms with Gasteiger partial charge in [0.25, 0.3) is 5.91 Å². The average Bonchev–Trinajstić information content (AvgIpc) is 3.32. The van der Waals surface area contributed by atoms with Crippen molar-refractivity contribution in [1.29, 1.82) is 0 Å². The van der Waals surface area contributed by atoms with Crippen LogP contribution in [0.4, 0.5) is 0 Å². The summed E-state index contributed by atoms with van der Waals surface area (Å²) in [7, 11) is 1.58. The van der Waals surface area contributed by atoms with Crippen molar-refractivity contribution in [2.24, 2.45) is 0 Å². The molecule has 1 amide bonds. The molecule has 0 saturated carbocycles. The van der Waals surface area contributed by atoms with Crippen LogP contribution in [0.5, 0.6) is 5.88 Å². The van der Waals surface area contributed by atoms with Crippen molar-refractivity contribution in [3.05, 3.63) is 48.4 Å². The van der Waals surface area contributed by atoms with Crippen molar-refractivity contribution >= 4 is 16.7 Å². The van der Waals surface area contributed by atoms with E-state index in [-0.39, 0.29) is 11.9 Å². The summed E-state index contributed by atoms with van der Waals surface area (Å²) < 4.78 is 7.16. The van der Waals surface area contributed by atoms with Crippen LogP contribution in [-0.4, -0.2) is 50.5 Å². The van der Waals surface area contributed by atoms with Gasteiger partial charge in [0.1, 0.15) is 5.69 Å². The molecule has 0 radical (unpaired) electrons. The Morgan fingerprint density at radius 2 is 2.24 bits per heavy atom. The molecule has 0 unspecified atom stereocenters. The highest BCUT2D eigenvalue weighted by atomic mass is 16.5. The van der Waals surface area contributed by atoms with E-state index in [1.54, 1.807) is 18.0 Å². The summed E-state index contributed by atoms with van der Waals surface area (Å²) >= 11 is 0. The van der Waals surface area contributed by atoms with Gasteiger partial charge in [-0.3, -0.25) is 9.48 Å². The van der Waals surface area contributed by atoms with Crippen molar-refractivity contribution in [2.45, 2.75) is 25.4 Å². The molecule has 0 bridgehead atoms. The van der Waals surface area contributed by atoms with Crippen LogP contribution < -0.4 is 4.74 Å². The maximum atomic E-state index is 13.1. The van der Waals surface area contributed by atoms with E-state index >= 15 is 0 Å². The number of methoxy groups -OCH3 is 1. The SMILES string of the molecule is COc1nc(C(=O)N2CCC[C@H]2Cn2ccnn2)cc2ccccc12. The zero-order valence-corrected chi connectivity index (χ0v) is 14.0. The molecule has 1 saturated heterocycles. The number of nitrogens with zero attached hydrogens (tertiary/aromatic N) is 5. The van der Waals surface area contributed by atoms with Gasteiger partial charge in [0, 0.05) is 18.1 Å². The highest BCUT2D eigenvalue weighted by Gasteiger charge is 2.31. The molecule has 1 fully saturated rings. The van der Waals surface area contributed by atoms with Gasteiger partial charge in [-0.2, -0.15) is 0 Å². The Morgan fingerprint density at radius 3 is 3.04 bits per heavy atom. The number of carbonyl (C=O) groups is 1. The second-order valence-corrected chi connectivity index (χ2v) is 6.16. The molecular weight excluding hydrogens is 318 g/mol. The molecule has 3 heterocycles. The van der Waals surface area contributed by atoms with Crippen LogP contribution in [0.25, 0.3) is 10.8 Å². The van der Waals surface area contributed by atoms with Gasteiger partial charge in [0.15, 0.2) is 0 Å². The molecule has 0 aliphatic carbocycles. The van der Waals surface area contributed by atoms with E-state index in [1.807, 2.05) is 41.4 Å². The number of fused-ring (bicyclic) bond motifs is 1. The van der Waals surface area contributed by atoms with E-state index in [0.29, 0.717) is 18.1 Å². The molecule has 3 aromatic rings. The summed E-state index contributed by atoms with van der Waals surface area (Å²) in [5, 5.41) is 9.69. The Hall–Kier alpha value is -2.96. The molecule has 1 atom stereocenters. The van der Waals surface area contributed by atoms with Crippen LogP contribution in [0.3, 0.4) is 0 Å². The maximum absolute atomic E-state index is 13.1. The van der Waals surface area contributed by atoms with E-state index < -0.39 is 0 Å². The molecule has 0 spiro atoms. The van der Waals surface area contributed by atoms with Gasteiger partial charge >= 0.3 is 0 Å². The number of likely N-dealkylation sites (tertiary alicyclic amines) is 1. The van der Waals surface area contributed by atoms with Crippen LogP contribution >= 0.6 is 0 Å². The van der Waals surface area contributed by atoms with Crippen molar-refractivity contribution in [3.8, 4) is 5.88 Å². The Morgan fingerprint density at radius 1 is 1.36 bits per heavy atom. The average molecular weight is 337 g/mol. The Kier molecular flexibility index (Phi) is 4.05. The first-order chi connectivity index (χ1) is 12.3. The number of amides is 1. The van der Waals surface area contributed by atoms with Gasteiger partial charge in [0.2, 0.25) is 5.88 Å². The van der Waals surface area contributed by atoms with Crippen LogP contribution in [0.1, 0.15) is 23.3 Å². The maximum Gasteiger partial charge on any atom is 0.272 e. The van der Waals surface area contributed by atoms with E-state index in [1.165, 1.54) is 0 Å². The molecule has 7 heteroatoms. The molecular formula is C18H19N5O2. The van der Waals surface area contributed by atoms with Crippen LogP contribution in [-0.2, 0) is 6.54 Å². The minimum Gasteiger partial charge on any atom is -0.481 e. The number of pyridine rings is 1. The van der Waals surface area contributed by atoms with Crippen molar-refractivity contribution in [1.82, 2.24) is 24.9 Å². The van der Waals surface area contributed by atoms with E-state index in [4.69, 9.17) is 4.74 Å². The fourth-order valence-electron chi connectivity index (χ4n) is 3.42.